The van der Waals surface area contributed by atoms with Crippen molar-refractivity contribution in [3.63, 3.8) is 0 Å². The van der Waals surface area contributed by atoms with Crippen molar-refractivity contribution in [3.8, 4) is 5.75 Å². The number of aromatic nitrogens is 3. The van der Waals surface area contributed by atoms with Crippen LogP contribution in [0, 0.1) is 6.92 Å². The SMILES string of the molecule is Cc1ncnc2c1ccn2[C@@H]1C[C@H](Oc2cc(Cl)cc3c2CNCC3)[C@@H](O)C1. The molecule has 0 unspecified atom stereocenters. The molecule has 1 fully saturated rings. The van der Waals surface area contributed by atoms with Gasteiger partial charge in [0.15, 0.2) is 0 Å². The lowest BCUT2D eigenvalue weighted by molar-refractivity contribution is 0.0595. The second-order valence-electron chi connectivity index (χ2n) is 7.74. The van der Waals surface area contributed by atoms with Crippen LogP contribution in [0.25, 0.3) is 11.0 Å². The molecule has 2 aliphatic rings. The van der Waals surface area contributed by atoms with Gasteiger partial charge < -0.3 is 19.7 Å². The molecule has 7 heteroatoms. The van der Waals surface area contributed by atoms with Gasteiger partial charge >= 0.3 is 0 Å². The predicted molar refractivity (Wildman–Crippen MR) is 108 cm³/mol. The molecule has 3 atom stereocenters. The Morgan fingerprint density at radius 3 is 3.07 bits per heavy atom. The molecular formula is C21H23ClN4O2. The number of nitrogens with zero attached hydrogens (tertiary/aromatic N) is 3. The third-order valence-corrected chi connectivity index (χ3v) is 6.18. The average molecular weight is 399 g/mol. The Labute approximate surface area is 168 Å². The van der Waals surface area contributed by atoms with Crippen molar-refractivity contribution in [2.45, 2.75) is 51.0 Å². The maximum Gasteiger partial charge on any atom is 0.143 e. The highest BCUT2D eigenvalue weighted by Gasteiger charge is 2.37. The molecule has 1 aromatic carbocycles. The van der Waals surface area contributed by atoms with Gasteiger partial charge in [-0.3, -0.25) is 0 Å². The molecule has 3 heterocycles. The maximum absolute atomic E-state index is 10.7. The summed E-state index contributed by atoms with van der Waals surface area (Å²) in [6, 6.07) is 6.08. The van der Waals surface area contributed by atoms with Crippen LogP contribution < -0.4 is 10.1 Å². The van der Waals surface area contributed by atoms with E-state index in [2.05, 4.69) is 19.9 Å². The zero-order chi connectivity index (χ0) is 19.3. The molecule has 1 saturated carbocycles. The van der Waals surface area contributed by atoms with Crippen molar-refractivity contribution >= 4 is 22.6 Å². The van der Waals surface area contributed by atoms with Crippen molar-refractivity contribution in [1.29, 1.82) is 0 Å². The average Bonchev–Trinajstić information content (AvgIpc) is 3.26. The van der Waals surface area contributed by atoms with Crippen molar-refractivity contribution in [3.05, 3.63) is 52.6 Å². The van der Waals surface area contributed by atoms with Crippen LogP contribution in [0.4, 0.5) is 0 Å². The third-order valence-electron chi connectivity index (χ3n) is 5.97. The van der Waals surface area contributed by atoms with Crippen LogP contribution in [0.5, 0.6) is 5.75 Å². The fourth-order valence-corrected chi connectivity index (χ4v) is 4.72. The summed E-state index contributed by atoms with van der Waals surface area (Å²) in [5.74, 6) is 0.787. The van der Waals surface area contributed by atoms with Gasteiger partial charge in [-0.05, 0) is 50.1 Å². The standard InChI is InChI=1S/C21H23ClN4O2/c1-12-16-3-5-26(21(16)25-11-24-12)15-8-18(27)20(9-15)28-19-7-14(22)6-13-2-4-23-10-17(13)19/h3,5-7,11,15,18,20,23,27H,2,4,8-10H2,1H3/t15-,18-,20-/m0/s1. The number of halogens is 1. The van der Waals surface area contributed by atoms with E-state index in [0.717, 1.165) is 54.0 Å². The molecular weight excluding hydrogens is 376 g/mol. The molecule has 2 N–H and O–H groups in total. The molecule has 1 aliphatic carbocycles. The van der Waals surface area contributed by atoms with Crippen LogP contribution in [-0.2, 0) is 13.0 Å². The van der Waals surface area contributed by atoms with Gasteiger partial charge in [0, 0.05) is 41.2 Å². The molecule has 0 saturated heterocycles. The summed E-state index contributed by atoms with van der Waals surface area (Å²) in [5.41, 5.74) is 4.26. The Morgan fingerprint density at radius 1 is 1.29 bits per heavy atom. The summed E-state index contributed by atoms with van der Waals surface area (Å²) >= 11 is 6.31. The first-order valence-corrected chi connectivity index (χ1v) is 10.1. The van der Waals surface area contributed by atoms with Crippen LogP contribution in [-0.4, -0.2) is 38.4 Å². The topological polar surface area (TPSA) is 72.2 Å². The van der Waals surface area contributed by atoms with E-state index in [-0.39, 0.29) is 12.1 Å². The molecule has 6 nitrogen and oxygen atoms in total. The van der Waals surface area contributed by atoms with Crippen LogP contribution in [0.1, 0.15) is 35.7 Å². The smallest absolute Gasteiger partial charge is 0.143 e. The number of aliphatic hydroxyl groups excluding tert-OH is 1. The fraction of sp³-hybridized carbons (Fsp3) is 0.429. The van der Waals surface area contributed by atoms with Gasteiger partial charge in [0.25, 0.3) is 0 Å². The number of nitrogens with one attached hydrogen (secondary N) is 1. The molecule has 2 aromatic heterocycles. The minimum atomic E-state index is -0.531. The van der Waals surface area contributed by atoms with Gasteiger partial charge in [0.05, 0.1) is 11.8 Å². The summed E-state index contributed by atoms with van der Waals surface area (Å²) in [4.78, 5) is 8.72. The lowest BCUT2D eigenvalue weighted by Crippen LogP contribution is -2.28. The van der Waals surface area contributed by atoms with E-state index in [1.165, 1.54) is 5.56 Å². The first-order valence-electron chi connectivity index (χ1n) is 9.75. The Kier molecular flexibility index (Phi) is 4.50. The van der Waals surface area contributed by atoms with Gasteiger partial charge in [-0.2, -0.15) is 0 Å². The largest absolute Gasteiger partial charge is 0.487 e. The van der Waals surface area contributed by atoms with E-state index in [9.17, 15) is 5.11 Å². The number of ether oxygens (including phenoxy) is 1. The summed E-state index contributed by atoms with van der Waals surface area (Å²) < 4.78 is 8.45. The van der Waals surface area contributed by atoms with E-state index in [1.54, 1.807) is 6.33 Å². The van der Waals surface area contributed by atoms with Gasteiger partial charge in [-0.25, -0.2) is 9.97 Å². The molecule has 0 spiro atoms. The molecule has 1 aliphatic heterocycles. The van der Waals surface area contributed by atoms with Gasteiger partial charge in [-0.1, -0.05) is 11.6 Å². The minimum absolute atomic E-state index is 0.139. The van der Waals surface area contributed by atoms with Gasteiger partial charge in [0.1, 0.15) is 23.8 Å². The first kappa shape index (κ1) is 17.9. The Hall–Kier alpha value is -2.15. The normalized spacial score (nSPS) is 24.5. The molecule has 0 amide bonds. The summed E-state index contributed by atoms with van der Waals surface area (Å²) in [6.45, 7) is 3.70. The summed E-state index contributed by atoms with van der Waals surface area (Å²) in [5, 5.41) is 15.8. The quantitative estimate of drug-likeness (QED) is 0.709. The number of rotatable bonds is 3. The highest BCUT2D eigenvalue weighted by Crippen LogP contribution is 2.38. The van der Waals surface area contributed by atoms with Crippen molar-refractivity contribution < 1.29 is 9.84 Å². The fourth-order valence-electron chi connectivity index (χ4n) is 4.49. The van der Waals surface area contributed by atoms with E-state index >= 15 is 0 Å². The van der Waals surface area contributed by atoms with Crippen molar-refractivity contribution in [2.75, 3.05) is 6.54 Å². The monoisotopic (exact) mass is 398 g/mol. The van der Waals surface area contributed by atoms with Crippen LogP contribution >= 0.6 is 11.6 Å². The van der Waals surface area contributed by atoms with E-state index in [4.69, 9.17) is 16.3 Å². The highest BCUT2D eigenvalue weighted by atomic mass is 35.5. The second-order valence-corrected chi connectivity index (χ2v) is 8.17. The van der Waals surface area contributed by atoms with E-state index < -0.39 is 6.10 Å². The van der Waals surface area contributed by atoms with Gasteiger partial charge in [-0.15, -0.1) is 0 Å². The number of hydrogen-bond acceptors (Lipinski definition) is 5. The van der Waals surface area contributed by atoms with Crippen molar-refractivity contribution in [1.82, 2.24) is 19.9 Å². The lowest BCUT2D eigenvalue weighted by atomic mass is 10.00. The number of fused-ring (bicyclic) bond motifs is 2. The van der Waals surface area contributed by atoms with E-state index in [1.807, 2.05) is 31.3 Å². The molecule has 0 bridgehead atoms. The lowest BCUT2D eigenvalue weighted by Gasteiger charge is -2.24. The zero-order valence-corrected chi connectivity index (χ0v) is 16.5. The van der Waals surface area contributed by atoms with Crippen molar-refractivity contribution in [2.24, 2.45) is 0 Å². The van der Waals surface area contributed by atoms with Gasteiger partial charge in [0.2, 0.25) is 0 Å². The number of aliphatic hydroxyl groups is 1. The zero-order valence-electron chi connectivity index (χ0n) is 15.7. The number of aryl methyl sites for hydroxylation is 1. The molecule has 28 heavy (non-hydrogen) atoms. The number of hydrogen-bond donors (Lipinski definition) is 2. The second kappa shape index (κ2) is 7.03. The molecule has 3 aromatic rings. The Balaban J connectivity index is 1.41. The number of benzene rings is 1. The van der Waals surface area contributed by atoms with Crippen LogP contribution in [0.15, 0.2) is 30.7 Å². The van der Waals surface area contributed by atoms with Crippen LogP contribution in [0.2, 0.25) is 5.02 Å². The predicted octanol–water partition coefficient (Wildman–Crippen LogP) is 3.18. The molecule has 146 valence electrons. The first-order chi connectivity index (χ1) is 13.6. The summed E-state index contributed by atoms with van der Waals surface area (Å²) in [7, 11) is 0. The summed E-state index contributed by atoms with van der Waals surface area (Å²) in [6.07, 6.45) is 5.14. The molecule has 0 radical (unpaired) electrons. The Bertz CT molecular complexity index is 1030. The maximum atomic E-state index is 10.7. The Morgan fingerprint density at radius 2 is 2.18 bits per heavy atom. The third kappa shape index (κ3) is 3.05. The highest BCUT2D eigenvalue weighted by molar-refractivity contribution is 6.30. The molecule has 5 rings (SSSR count). The van der Waals surface area contributed by atoms with Crippen LogP contribution in [0.3, 0.4) is 0 Å². The minimum Gasteiger partial charge on any atom is -0.487 e. The van der Waals surface area contributed by atoms with E-state index in [0.29, 0.717) is 11.4 Å².